The summed E-state index contributed by atoms with van der Waals surface area (Å²) in [7, 11) is 0. The number of ether oxygens (including phenoxy) is 2. The third-order valence-corrected chi connectivity index (χ3v) is 5.11. The Labute approximate surface area is 134 Å². The van der Waals surface area contributed by atoms with Crippen molar-refractivity contribution in [2.45, 2.75) is 11.5 Å². The van der Waals surface area contributed by atoms with E-state index < -0.39 is 0 Å². The van der Waals surface area contributed by atoms with Crippen LogP contribution >= 0.6 is 23.1 Å². The van der Waals surface area contributed by atoms with Gasteiger partial charge >= 0.3 is 0 Å². The molecule has 1 aliphatic rings. The Bertz CT molecular complexity index is 888. The quantitative estimate of drug-likeness (QED) is 0.735. The van der Waals surface area contributed by atoms with E-state index in [9.17, 15) is 4.79 Å². The van der Waals surface area contributed by atoms with Gasteiger partial charge in [-0.3, -0.25) is 9.20 Å². The van der Waals surface area contributed by atoms with Crippen LogP contribution in [0, 0.1) is 0 Å². The number of hydrogen-bond donors (Lipinski definition) is 0. The molecule has 1 aliphatic heterocycles. The van der Waals surface area contributed by atoms with E-state index in [4.69, 9.17) is 9.47 Å². The van der Waals surface area contributed by atoms with Crippen molar-refractivity contribution in [2.75, 3.05) is 6.79 Å². The van der Waals surface area contributed by atoms with E-state index in [1.165, 1.54) is 16.9 Å². The van der Waals surface area contributed by atoms with Gasteiger partial charge in [0.2, 0.25) is 6.79 Å². The SMILES string of the molecule is O=c1cc(CSCc2ccc3c(c2)OCO3)nc2sccn12. The lowest BCUT2D eigenvalue weighted by Crippen LogP contribution is -2.12. The number of thioether (sulfide) groups is 1. The molecule has 4 rings (SSSR count). The van der Waals surface area contributed by atoms with Crippen LogP contribution in [0.3, 0.4) is 0 Å². The second-order valence-corrected chi connectivity index (χ2v) is 6.68. The highest BCUT2D eigenvalue weighted by Gasteiger charge is 2.13. The first-order valence-electron chi connectivity index (χ1n) is 6.72. The average molecular weight is 332 g/mol. The zero-order valence-corrected chi connectivity index (χ0v) is 13.2. The first-order valence-corrected chi connectivity index (χ1v) is 8.75. The lowest BCUT2D eigenvalue weighted by Gasteiger charge is -2.04. The number of nitrogens with zero attached hydrogens (tertiary/aromatic N) is 2. The van der Waals surface area contributed by atoms with E-state index in [1.54, 1.807) is 28.4 Å². The topological polar surface area (TPSA) is 52.8 Å². The van der Waals surface area contributed by atoms with Crippen LogP contribution in [0.15, 0.2) is 40.6 Å². The summed E-state index contributed by atoms with van der Waals surface area (Å²) in [5.41, 5.74) is 1.96. The van der Waals surface area contributed by atoms with Gasteiger partial charge in [0.1, 0.15) is 0 Å². The zero-order valence-electron chi connectivity index (χ0n) is 11.5. The lowest BCUT2D eigenvalue weighted by atomic mass is 10.2. The van der Waals surface area contributed by atoms with Crippen LogP contribution in [-0.2, 0) is 11.5 Å². The third-order valence-electron chi connectivity index (χ3n) is 3.31. The molecule has 0 unspecified atom stereocenters. The zero-order chi connectivity index (χ0) is 14.9. The number of benzene rings is 1. The van der Waals surface area contributed by atoms with E-state index in [0.717, 1.165) is 27.9 Å². The largest absolute Gasteiger partial charge is 0.454 e. The summed E-state index contributed by atoms with van der Waals surface area (Å²) in [4.78, 5) is 17.2. The summed E-state index contributed by atoms with van der Waals surface area (Å²) in [6.45, 7) is 0.292. The molecular weight excluding hydrogens is 320 g/mol. The normalized spacial score (nSPS) is 12.9. The van der Waals surface area contributed by atoms with Crippen molar-refractivity contribution < 1.29 is 9.47 Å². The van der Waals surface area contributed by atoms with Gasteiger partial charge in [-0.05, 0) is 17.7 Å². The van der Waals surface area contributed by atoms with E-state index in [0.29, 0.717) is 12.5 Å². The predicted octanol–water partition coefficient (Wildman–Crippen LogP) is 2.92. The number of thiazole rings is 1. The minimum atomic E-state index is -0.0232. The fraction of sp³-hybridized carbons (Fsp3) is 0.200. The maximum Gasteiger partial charge on any atom is 0.258 e. The van der Waals surface area contributed by atoms with Crippen molar-refractivity contribution >= 4 is 28.1 Å². The summed E-state index contributed by atoms with van der Waals surface area (Å²) < 4.78 is 12.2. The molecule has 0 spiro atoms. The molecule has 0 amide bonds. The third kappa shape index (κ3) is 2.57. The summed E-state index contributed by atoms with van der Waals surface area (Å²) in [5.74, 6) is 3.14. The van der Waals surface area contributed by atoms with E-state index in [-0.39, 0.29) is 5.56 Å². The van der Waals surface area contributed by atoms with Crippen LogP contribution in [0.1, 0.15) is 11.3 Å². The Morgan fingerprint density at radius 3 is 3.09 bits per heavy atom. The van der Waals surface area contributed by atoms with E-state index >= 15 is 0 Å². The van der Waals surface area contributed by atoms with Crippen LogP contribution in [0.2, 0.25) is 0 Å². The molecule has 3 heterocycles. The molecule has 0 N–H and O–H groups in total. The molecule has 0 saturated heterocycles. The number of rotatable bonds is 4. The predicted molar refractivity (Wildman–Crippen MR) is 86.9 cm³/mol. The number of aromatic nitrogens is 2. The Balaban J connectivity index is 1.44. The molecule has 0 aliphatic carbocycles. The summed E-state index contributed by atoms with van der Waals surface area (Å²) in [5, 5.41) is 1.87. The second kappa shape index (κ2) is 5.66. The fourth-order valence-electron chi connectivity index (χ4n) is 2.27. The van der Waals surface area contributed by atoms with Gasteiger partial charge in [-0.15, -0.1) is 11.3 Å². The fourth-order valence-corrected chi connectivity index (χ4v) is 3.88. The van der Waals surface area contributed by atoms with Crippen LogP contribution in [0.5, 0.6) is 11.5 Å². The van der Waals surface area contributed by atoms with Crippen LogP contribution in [0.25, 0.3) is 4.96 Å². The maximum atomic E-state index is 11.9. The van der Waals surface area contributed by atoms with Gasteiger partial charge in [0.15, 0.2) is 16.5 Å². The summed E-state index contributed by atoms with van der Waals surface area (Å²) in [6, 6.07) is 7.57. The summed E-state index contributed by atoms with van der Waals surface area (Å²) >= 11 is 3.19. The molecule has 0 fully saturated rings. The maximum absolute atomic E-state index is 11.9. The molecule has 112 valence electrons. The minimum absolute atomic E-state index is 0.0232. The lowest BCUT2D eigenvalue weighted by molar-refractivity contribution is 0.174. The van der Waals surface area contributed by atoms with Gasteiger partial charge in [0, 0.05) is 29.1 Å². The van der Waals surface area contributed by atoms with Crippen LogP contribution < -0.4 is 15.0 Å². The van der Waals surface area contributed by atoms with Gasteiger partial charge in [0.05, 0.1) is 5.69 Å². The number of fused-ring (bicyclic) bond motifs is 2. The molecule has 0 bridgehead atoms. The Morgan fingerprint density at radius 2 is 2.14 bits per heavy atom. The Morgan fingerprint density at radius 1 is 1.23 bits per heavy atom. The average Bonchev–Trinajstić information content (AvgIpc) is 3.15. The van der Waals surface area contributed by atoms with Crippen molar-refractivity contribution in [3.05, 3.63) is 57.5 Å². The van der Waals surface area contributed by atoms with E-state index in [1.807, 2.05) is 23.6 Å². The van der Waals surface area contributed by atoms with Crippen LogP contribution in [-0.4, -0.2) is 16.2 Å². The van der Waals surface area contributed by atoms with Crippen molar-refractivity contribution in [3.8, 4) is 11.5 Å². The number of hydrogen-bond acceptors (Lipinski definition) is 6. The molecule has 5 nitrogen and oxygen atoms in total. The molecule has 0 saturated carbocycles. The molecule has 0 atom stereocenters. The second-order valence-electron chi connectivity index (χ2n) is 4.82. The monoisotopic (exact) mass is 332 g/mol. The van der Waals surface area contributed by atoms with Gasteiger partial charge < -0.3 is 9.47 Å². The van der Waals surface area contributed by atoms with Crippen molar-refractivity contribution in [3.63, 3.8) is 0 Å². The molecule has 0 radical (unpaired) electrons. The summed E-state index contributed by atoms with van der Waals surface area (Å²) in [6.07, 6.45) is 1.75. The molecule has 7 heteroatoms. The Hall–Kier alpha value is -1.99. The van der Waals surface area contributed by atoms with Crippen molar-refractivity contribution in [1.29, 1.82) is 0 Å². The van der Waals surface area contributed by atoms with Crippen molar-refractivity contribution in [2.24, 2.45) is 0 Å². The van der Waals surface area contributed by atoms with Gasteiger partial charge in [0.25, 0.3) is 5.56 Å². The molecule has 2 aromatic heterocycles. The van der Waals surface area contributed by atoms with Crippen molar-refractivity contribution in [1.82, 2.24) is 9.38 Å². The standard InChI is InChI=1S/C15H12N2O3S2/c18-14-6-11(16-15-17(14)3-4-22-15)8-21-7-10-1-2-12-13(5-10)20-9-19-12/h1-6H,7-9H2. The molecular formula is C15H12N2O3S2. The Kier molecular flexibility index (Phi) is 3.51. The first-order chi connectivity index (χ1) is 10.8. The highest BCUT2D eigenvalue weighted by molar-refractivity contribution is 7.97. The van der Waals surface area contributed by atoms with E-state index in [2.05, 4.69) is 4.98 Å². The highest BCUT2D eigenvalue weighted by Crippen LogP contribution is 2.33. The molecule has 1 aromatic carbocycles. The van der Waals surface area contributed by atoms with Crippen LogP contribution in [0.4, 0.5) is 0 Å². The molecule has 22 heavy (non-hydrogen) atoms. The smallest absolute Gasteiger partial charge is 0.258 e. The highest BCUT2D eigenvalue weighted by atomic mass is 32.2. The minimum Gasteiger partial charge on any atom is -0.454 e. The van der Waals surface area contributed by atoms with Gasteiger partial charge in [-0.25, -0.2) is 4.98 Å². The van der Waals surface area contributed by atoms with Gasteiger partial charge in [-0.1, -0.05) is 6.07 Å². The molecule has 3 aromatic rings. The first kappa shape index (κ1) is 13.7. The van der Waals surface area contributed by atoms with Gasteiger partial charge in [-0.2, -0.15) is 11.8 Å².